The molecule has 7 nitrogen and oxygen atoms in total. The summed E-state index contributed by atoms with van der Waals surface area (Å²) >= 11 is 0.941. The van der Waals surface area contributed by atoms with E-state index in [4.69, 9.17) is 4.74 Å². The van der Waals surface area contributed by atoms with Crippen molar-refractivity contribution in [2.75, 3.05) is 18.5 Å². The third-order valence-corrected chi connectivity index (χ3v) is 3.95. The number of carbonyl (C=O) groups is 2. The quantitative estimate of drug-likeness (QED) is 0.362. The van der Waals surface area contributed by atoms with E-state index in [2.05, 4.69) is 5.32 Å². The molecule has 1 N–H and O–H groups in total. The van der Waals surface area contributed by atoms with Crippen molar-refractivity contribution in [3.8, 4) is 0 Å². The van der Waals surface area contributed by atoms with Gasteiger partial charge in [0.05, 0.1) is 16.4 Å². The first-order chi connectivity index (χ1) is 11.0. The second-order valence-electron chi connectivity index (χ2n) is 4.44. The molecule has 0 bridgehead atoms. The van der Waals surface area contributed by atoms with Crippen LogP contribution in [0.25, 0.3) is 0 Å². The zero-order valence-electron chi connectivity index (χ0n) is 12.3. The molecule has 2 aromatic rings. The van der Waals surface area contributed by atoms with Gasteiger partial charge in [0.2, 0.25) is 5.78 Å². The van der Waals surface area contributed by atoms with E-state index >= 15 is 0 Å². The first-order valence-electron chi connectivity index (χ1n) is 6.80. The number of carbonyl (C=O) groups excluding carboxylic acids is 2. The lowest BCUT2D eigenvalue weighted by Crippen LogP contribution is -2.16. The first kappa shape index (κ1) is 16.6. The molecular weight excluding hydrogens is 320 g/mol. The van der Waals surface area contributed by atoms with E-state index in [0.717, 1.165) is 11.3 Å². The number of ether oxygens (including phenoxy) is 1. The molecule has 0 amide bonds. The molecule has 0 atom stereocenters. The van der Waals surface area contributed by atoms with E-state index in [1.165, 1.54) is 6.07 Å². The molecule has 0 radical (unpaired) electrons. The minimum Gasteiger partial charge on any atom is -0.465 e. The highest BCUT2D eigenvalue weighted by Gasteiger charge is 2.23. The zero-order valence-corrected chi connectivity index (χ0v) is 13.1. The van der Waals surface area contributed by atoms with Crippen LogP contribution in [0.2, 0.25) is 0 Å². The molecule has 0 saturated carbocycles. The average Bonchev–Trinajstić information content (AvgIpc) is 2.98. The molecule has 2 rings (SSSR count). The first-order valence-corrected chi connectivity index (χ1v) is 7.62. The van der Waals surface area contributed by atoms with Crippen molar-refractivity contribution >= 4 is 33.8 Å². The number of hydrogen-bond donors (Lipinski definition) is 1. The number of anilines is 1. The smallest absolute Gasteiger partial charge is 0.325 e. The van der Waals surface area contributed by atoms with Crippen LogP contribution >= 0.6 is 11.3 Å². The van der Waals surface area contributed by atoms with E-state index in [1.807, 2.05) is 0 Å². The molecule has 1 aromatic heterocycles. The summed E-state index contributed by atoms with van der Waals surface area (Å²) in [5, 5.41) is 13.9. The van der Waals surface area contributed by atoms with Gasteiger partial charge in [-0.15, -0.1) is 11.3 Å². The molecule has 0 saturated heterocycles. The van der Waals surface area contributed by atoms with Crippen molar-refractivity contribution in [3.63, 3.8) is 0 Å². The molecule has 1 aromatic carbocycles. The van der Waals surface area contributed by atoms with Gasteiger partial charge in [-0.2, -0.15) is 0 Å². The molecular formula is C15H14N2O5S. The molecule has 1 heterocycles. The Morgan fingerprint density at radius 1 is 1.30 bits per heavy atom. The number of ketones is 1. The predicted octanol–water partition coefficient (Wildman–Crippen LogP) is 2.86. The van der Waals surface area contributed by atoms with Crippen molar-refractivity contribution in [1.82, 2.24) is 0 Å². The normalized spacial score (nSPS) is 10.1. The fourth-order valence-corrected chi connectivity index (χ4v) is 2.84. The van der Waals surface area contributed by atoms with Crippen molar-refractivity contribution in [3.05, 3.63) is 57.0 Å². The van der Waals surface area contributed by atoms with Crippen LogP contribution in [-0.4, -0.2) is 29.8 Å². The van der Waals surface area contributed by atoms with Gasteiger partial charge in [0.15, 0.2) is 5.00 Å². The van der Waals surface area contributed by atoms with Gasteiger partial charge in [-0.1, -0.05) is 30.3 Å². The molecule has 23 heavy (non-hydrogen) atoms. The Bertz CT molecular complexity index is 727. The fraction of sp³-hybridized carbons (Fsp3) is 0.200. The van der Waals surface area contributed by atoms with Crippen LogP contribution in [0, 0.1) is 10.1 Å². The fourth-order valence-electron chi connectivity index (χ4n) is 1.85. The monoisotopic (exact) mass is 334 g/mol. The van der Waals surface area contributed by atoms with E-state index in [9.17, 15) is 19.7 Å². The molecule has 0 aliphatic rings. The van der Waals surface area contributed by atoms with Crippen LogP contribution in [0.1, 0.15) is 22.2 Å². The summed E-state index contributed by atoms with van der Waals surface area (Å²) < 4.78 is 4.75. The van der Waals surface area contributed by atoms with Crippen LogP contribution in [0.4, 0.5) is 10.7 Å². The number of nitrogens with zero attached hydrogens (tertiary/aromatic N) is 1. The van der Waals surface area contributed by atoms with Gasteiger partial charge in [0.1, 0.15) is 6.54 Å². The Hall–Kier alpha value is -2.74. The Balaban J connectivity index is 2.23. The third kappa shape index (κ3) is 4.13. The van der Waals surface area contributed by atoms with E-state index in [1.54, 1.807) is 37.3 Å². The summed E-state index contributed by atoms with van der Waals surface area (Å²) in [6.07, 6.45) is 0. The van der Waals surface area contributed by atoms with E-state index in [-0.39, 0.29) is 34.5 Å². The Kier molecular flexibility index (Phi) is 5.42. The van der Waals surface area contributed by atoms with Crippen LogP contribution < -0.4 is 5.32 Å². The van der Waals surface area contributed by atoms with Crippen molar-refractivity contribution in [2.45, 2.75) is 6.92 Å². The lowest BCUT2D eigenvalue weighted by Gasteiger charge is -2.03. The summed E-state index contributed by atoms with van der Waals surface area (Å²) in [5.74, 6) is -0.825. The van der Waals surface area contributed by atoms with Gasteiger partial charge in [0, 0.05) is 11.6 Å². The number of benzene rings is 1. The molecule has 0 aliphatic heterocycles. The van der Waals surface area contributed by atoms with Crippen LogP contribution in [-0.2, 0) is 9.53 Å². The zero-order chi connectivity index (χ0) is 16.8. The standard InChI is InChI=1S/C15H14N2O5S/c1-2-22-13(18)9-16-15-11(17(20)21)8-12(23-15)14(19)10-6-4-3-5-7-10/h3-8,16H,2,9H2,1H3. The molecule has 0 spiro atoms. The minimum absolute atomic E-state index is 0.155. The summed E-state index contributed by atoms with van der Waals surface area (Å²) in [5.41, 5.74) is 0.208. The maximum absolute atomic E-state index is 12.3. The Labute approximate surface area is 136 Å². The van der Waals surface area contributed by atoms with Crippen LogP contribution in [0.5, 0.6) is 0 Å². The number of nitro groups is 1. The summed E-state index contributed by atoms with van der Waals surface area (Å²) in [4.78, 5) is 34.4. The average molecular weight is 334 g/mol. The second-order valence-corrected chi connectivity index (χ2v) is 5.49. The predicted molar refractivity (Wildman–Crippen MR) is 86.0 cm³/mol. The number of thiophene rings is 1. The van der Waals surface area contributed by atoms with Crippen molar-refractivity contribution in [2.24, 2.45) is 0 Å². The SMILES string of the molecule is CCOC(=O)CNc1sc(C(=O)c2ccccc2)cc1[N+](=O)[O-]. The molecule has 0 aliphatic carbocycles. The van der Waals surface area contributed by atoms with Gasteiger partial charge >= 0.3 is 11.7 Å². The van der Waals surface area contributed by atoms with E-state index < -0.39 is 10.9 Å². The van der Waals surface area contributed by atoms with Gasteiger partial charge in [-0.05, 0) is 6.92 Å². The maximum atomic E-state index is 12.3. The number of hydrogen-bond acceptors (Lipinski definition) is 7. The maximum Gasteiger partial charge on any atom is 0.325 e. The van der Waals surface area contributed by atoms with E-state index in [0.29, 0.717) is 5.56 Å². The lowest BCUT2D eigenvalue weighted by molar-refractivity contribution is -0.383. The summed E-state index contributed by atoms with van der Waals surface area (Å²) in [6.45, 7) is 1.70. The molecule has 8 heteroatoms. The summed E-state index contributed by atoms with van der Waals surface area (Å²) in [7, 11) is 0. The second kappa shape index (κ2) is 7.50. The molecule has 0 unspecified atom stereocenters. The Morgan fingerprint density at radius 3 is 2.61 bits per heavy atom. The largest absolute Gasteiger partial charge is 0.465 e. The number of esters is 1. The van der Waals surface area contributed by atoms with Crippen molar-refractivity contribution in [1.29, 1.82) is 0 Å². The highest BCUT2D eigenvalue weighted by atomic mass is 32.1. The van der Waals surface area contributed by atoms with Gasteiger partial charge < -0.3 is 10.1 Å². The lowest BCUT2D eigenvalue weighted by atomic mass is 10.1. The highest BCUT2D eigenvalue weighted by molar-refractivity contribution is 7.18. The number of rotatable bonds is 7. The van der Waals surface area contributed by atoms with Crippen molar-refractivity contribution < 1.29 is 19.2 Å². The van der Waals surface area contributed by atoms with Gasteiger partial charge in [-0.3, -0.25) is 19.7 Å². The minimum atomic E-state index is -0.592. The number of nitrogens with one attached hydrogen (secondary N) is 1. The van der Waals surface area contributed by atoms with Gasteiger partial charge in [0.25, 0.3) is 0 Å². The summed E-state index contributed by atoms with van der Waals surface area (Å²) in [6, 6.07) is 9.71. The topological polar surface area (TPSA) is 98.5 Å². The highest BCUT2D eigenvalue weighted by Crippen LogP contribution is 2.35. The molecule has 120 valence electrons. The van der Waals surface area contributed by atoms with Crippen LogP contribution in [0.15, 0.2) is 36.4 Å². The van der Waals surface area contributed by atoms with Crippen LogP contribution in [0.3, 0.4) is 0 Å². The molecule has 0 fully saturated rings. The third-order valence-electron chi connectivity index (χ3n) is 2.87. The Morgan fingerprint density at radius 2 is 2.00 bits per heavy atom. The van der Waals surface area contributed by atoms with Gasteiger partial charge in [-0.25, -0.2) is 0 Å².